The maximum atomic E-state index is 5.93. The third kappa shape index (κ3) is 1.87. The Labute approximate surface area is 133 Å². The molecule has 0 bridgehead atoms. The topological polar surface area (TPSA) is 13.1 Å². The summed E-state index contributed by atoms with van der Waals surface area (Å²) in [6.45, 7) is 0. The van der Waals surface area contributed by atoms with E-state index >= 15 is 0 Å². The SMILES string of the molecule is c1ccc2c(-c3ccc4oc5ccccc5c4c3)cccc2c1. The van der Waals surface area contributed by atoms with E-state index in [9.17, 15) is 0 Å². The van der Waals surface area contributed by atoms with Gasteiger partial charge in [-0.1, -0.05) is 66.7 Å². The van der Waals surface area contributed by atoms with Crippen LogP contribution in [0, 0.1) is 0 Å². The van der Waals surface area contributed by atoms with Crippen LogP contribution in [0.1, 0.15) is 0 Å². The first-order valence-electron chi connectivity index (χ1n) is 7.79. The lowest BCUT2D eigenvalue weighted by Gasteiger charge is -2.07. The van der Waals surface area contributed by atoms with Gasteiger partial charge in [0.05, 0.1) is 0 Å². The molecule has 4 aromatic carbocycles. The summed E-state index contributed by atoms with van der Waals surface area (Å²) in [7, 11) is 0. The average Bonchev–Trinajstić information content (AvgIpc) is 2.99. The van der Waals surface area contributed by atoms with Crippen molar-refractivity contribution in [2.75, 3.05) is 0 Å². The van der Waals surface area contributed by atoms with Gasteiger partial charge in [0.15, 0.2) is 0 Å². The molecular formula is C22H14O. The Morgan fingerprint density at radius 3 is 2.22 bits per heavy atom. The van der Waals surface area contributed by atoms with Crippen molar-refractivity contribution >= 4 is 32.7 Å². The van der Waals surface area contributed by atoms with Gasteiger partial charge in [0.2, 0.25) is 0 Å². The Hall–Kier alpha value is -3.06. The zero-order valence-electron chi connectivity index (χ0n) is 12.5. The van der Waals surface area contributed by atoms with E-state index in [-0.39, 0.29) is 0 Å². The molecule has 0 amide bonds. The molecule has 1 nitrogen and oxygen atoms in total. The quantitative estimate of drug-likeness (QED) is 0.348. The number of benzene rings is 4. The zero-order chi connectivity index (χ0) is 15.2. The molecular weight excluding hydrogens is 280 g/mol. The Balaban J connectivity index is 1.84. The van der Waals surface area contributed by atoms with E-state index in [1.165, 1.54) is 32.7 Å². The molecule has 1 heteroatoms. The lowest BCUT2D eigenvalue weighted by atomic mass is 9.97. The van der Waals surface area contributed by atoms with Gasteiger partial charge in [-0.3, -0.25) is 0 Å². The number of hydrogen-bond acceptors (Lipinski definition) is 1. The maximum absolute atomic E-state index is 5.93. The lowest BCUT2D eigenvalue weighted by Crippen LogP contribution is -1.81. The van der Waals surface area contributed by atoms with Crippen LogP contribution in [0.2, 0.25) is 0 Å². The highest BCUT2D eigenvalue weighted by atomic mass is 16.3. The highest BCUT2D eigenvalue weighted by Gasteiger charge is 2.09. The van der Waals surface area contributed by atoms with Crippen molar-refractivity contribution < 1.29 is 4.42 Å². The molecule has 1 heterocycles. The van der Waals surface area contributed by atoms with Gasteiger partial charge in [-0.25, -0.2) is 0 Å². The molecule has 0 atom stereocenters. The van der Waals surface area contributed by atoms with Gasteiger partial charge in [-0.15, -0.1) is 0 Å². The molecule has 0 aliphatic heterocycles. The van der Waals surface area contributed by atoms with E-state index in [1.807, 2.05) is 12.1 Å². The van der Waals surface area contributed by atoms with E-state index in [0.29, 0.717) is 0 Å². The minimum absolute atomic E-state index is 0.940. The van der Waals surface area contributed by atoms with Crippen LogP contribution in [-0.4, -0.2) is 0 Å². The summed E-state index contributed by atoms with van der Waals surface area (Å²) in [4.78, 5) is 0. The Bertz CT molecular complexity index is 1160. The van der Waals surface area contributed by atoms with Crippen molar-refractivity contribution in [3.63, 3.8) is 0 Å². The fourth-order valence-electron chi connectivity index (χ4n) is 3.37. The second-order valence-corrected chi connectivity index (χ2v) is 5.84. The second-order valence-electron chi connectivity index (χ2n) is 5.84. The highest BCUT2D eigenvalue weighted by molar-refractivity contribution is 6.07. The van der Waals surface area contributed by atoms with Crippen LogP contribution in [0.5, 0.6) is 0 Å². The van der Waals surface area contributed by atoms with Crippen molar-refractivity contribution in [2.24, 2.45) is 0 Å². The highest BCUT2D eigenvalue weighted by Crippen LogP contribution is 2.34. The number of rotatable bonds is 1. The molecule has 0 unspecified atom stereocenters. The maximum Gasteiger partial charge on any atom is 0.135 e. The van der Waals surface area contributed by atoms with Gasteiger partial charge >= 0.3 is 0 Å². The third-order valence-corrected chi connectivity index (χ3v) is 4.48. The molecule has 0 radical (unpaired) electrons. The molecule has 0 N–H and O–H groups in total. The Morgan fingerprint density at radius 2 is 1.26 bits per heavy atom. The van der Waals surface area contributed by atoms with Crippen LogP contribution in [0.25, 0.3) is 43.8 Å². The molecule has 0 aliphatic rings. The molecule has 0 saturated heterocycles. The van der Waals surface area contributed by atoms with Gasteiger partial charge in [-0.2, -0.15) is 0 Å². The van der Waals surface area contributed by atoms with E-state index < -0.39 is 0 Å². The minimum atomic E-state index is 0.940. The van der Waals surface area contributed by atoms with Gasteiger partial charge in [0, 0.05) is 10.8 Å². The molecule has 0 saturated carbocycles. The lowest BCUT2D eigenvalue weighted by molar-refractivity contribution is 0.669. The van der Waals surface area contributed by atoms with E-state index in [4.69, 9.17) is 4.42 Å². The second kappa shape index (κ2) is 4.72. The first kappa shape index (κ1) is 12.5. The van der Waals surface area contributed by atoms with E-state index in [2.05, 4.69) is 72.8 Å². The van der Waals surface area contributed by atoms with Gasteiger partial charge in [0.25, 0.3) is 0 Å². The summed E-state index contributed by atoms with van der Waals surface area (Å²) in [5.41, 5.74) is 4.36. The normalized spacial score (nSPS) is 11.5. The van der Waals surface area contributed by atoms with Crippen LogP contribution < -0.4 is 0 Å². The molecule has 0 spiro atoms. The van der Waals surface area contributed by atoms with Gasteiger partial charge in [0.1, 0.15) is 11.2 Å². The number of para-hydroxylation sites is 1. The molecule has 1 aromatic heterocycles. The van der Waals surface area contributed by atoms with Crippen molar-refractivity contribution in [1.82, 2.24) is 0 Å². The Kier molecular flexibility index (Phi) is 2.56. The fourth-order valence-corrected chi connectivity index (χ4v) is 3.37. The first-order valence-corrected chi connectivity index (χ1v) is 7.79. The van der Waals surface area contributed by atoms with Crippen LogP contribution in [-0.2, 0) is 0 Å². The van der Waals surface area contributed by atoms with Gasteiger partial charge < -0.3 is 4.42 Å². The minimum Gasteiger partial charge on any atom is -0.456 e. The fraction of sp³-hybridized carbons (Fsp3) is 0. The number of furan rings is 1. The third-order valence-electron chi connectivity index (χ3n) is 4.48. The zero-order valence-corrected chi connectivity index (χ0v) is 12.5. The average molecular weight is 294 g/mol. The predicted octanol–water partition coefficient (Wildman–Crippen LogP) is 6.41. The summed E-state index contributed by atoms with van der Waals surface area (Å²) in [6, 6.07) is 29.6. The smallest absolute Gasteiger partial charge is 0.135 e. The molecule has 0 aliphatic carbocycles. The largest absolute Gasteiger partial charge is 0.456 e. The monoisotopic (exact) mass is 294 g/mol. The van der Waals surface area contributed by atoms with E-state index in [1.54, 1.807) is 0 Å². The van der Waals surface area contributed by atoms with Crippen molar-refractivity contribution in [3.05, 3.63) is 84.9 Å². The van der Waals surface area contributed by atoms with Crippen molar-refractivity contribution in [3.8, 4) is 11.1 Å². The summed E-state index contributed by atoms with van der Waals surface area (Å²) < 4.78 is 5.93. The molecule has 23 heavy (non-hydrogen) atoms. The van der Waals surface area contributed by atoms with Crippen LogP contribution in [0.15, 0.2) is 89.3 Å². The summed E-state index contributed by atoms with van der Waals surface area (Å²) >= 11 is 0. The summed E-state index contributed by atoms with van der Waals surface area (Å²) in [6.07, 6.45) is 0. The predicted molar refractivity (Wildman–Crippen MR) is 96.7 cm³/mol. The summed E-state index contributed by atoms with van der Waals surface area (Å²) in [5, 5.41) is 4.89. The molecule has 0 fully saturated rings. The van der Waals surface area contributed by atoms with E-state index in [0.717, 1.165) is 11.2 Å². The van der Waals surface area contributed by atoms with Crippen LogP contribution in [0.3, 0.4) is 0 Å². The number of fused-ring (bicyclic) bond motifs is 4. The van der Waals surface area contributed by atoms with Gasteiger partial charge in [-0.05, 0) is 40.1 Å². The van der Waals surface area contributed by atoms with Crippen molar-refractivity contribution in [2.45, 2.75) is 0 Å². The molecule has 5 aromatic rings. The Morgan fingerprint density at radius 1 is 0.522 bits per heavy atom. The summed E-state index contributed by atoms with van der Waals surface area (Å²) in [5.74, 6) is 0. The molecule has 5 rings (SSSR count). The molecule has 108 valence electrons. The standard InChI is InChI=1S/C22H14O/c1-2-8-17-15(6-1)7-5-10-18(17)16-12-13-22-20(14-16)19-9-3-4-11-21(19)23-22/h1-14H. The van der Waals surface area contributed by atoms with Crippen LogP contribution >= 0.6 is 0 Å². The van der Waals surface area contributed by atoms with Crippen LogP contribution in [0.4, 0.5) is 0 Å². The number of hydrogen-bond donors (Lipinski definition) is 0. The van der Waals surface area contributed by atoms with Crippen molar-refractivity contribution in [1.29, 1.82) is 0 Å². The first-order chi connectivity index (χ1) is 11.4.